The summed E-state index contributed by atoms with van der Waals surface area (Å²) in [5.41, 5.74) is 11.3. The highest BCUT2D eigenvalue weighted by molar-refractivity contribution is 6.45. The van der Waals surface area contributed by atoms with Gasteiger partial charge in [-0.25, -0.2) is 5.43 Å². The molecule has 1 aromatic heterocycles. The number of anilines is 1. The molecule has 0 saturated heterocycles. The Balaban J connectivity index is 1.86. The molecule has 1 amide bonds. The predicted octanol–water partition coefficient (Wildman–Crippen LogP) is 3.12. The van der Waals surface area contributed by atoms with Crippen molar-refractivity contribution >= 4 is 52.1 Å². The van der Waals surface area contributed by atoms with Gasteiger partial charge in [-0.05, 0) is 30.0 Å². The molecule has 0 aliphatic heterocycles. The molecule has 1 aliphatic rings. The van der Waals surface area contributed by atoms with Gasteiger partial charge in [-0.3, -0.25) is 4.79 Å². The first-order chi connectivity index (χ1) is 11.0. The van der Waals surface area contributed by atoms with Crippen LogP contribution in [0.4, 0.5) is 5.69 Å². The van der Waals surface area contributed by atoms with E-state index in [0.717, 1.165) is 24.1 Å². The summed E-state index contributed by atoms with van der Waals surface area (Å²) in [6.45, 7) is 0. The molecule has 8 heteroatoms. The van der Waals surface area contributed by atoms with Crippen LogP contribution < -0.4 is 16.1 Å². The molecule has 3 rings (SSSR count). The molecule has 1 heterocycles. The molecule has 0 saturated carbocycles. The van der Waals surface area contributed by atoms with Crippen molar-refractivity contribution in [3.8, 4) is 0 Å². The van der Waals surface area contributed by atoms with E-state index >= 15 is 0 Å². The Hall–Kier alpha value is -1.82. The van der Waals surface area contributed by atoms with Gasteiger partial charge in [0.15, 0.2) is 0 Å². The number of hydrogen-bond acceptors (Lipinski definition) is 3. The second-order valence-electron chi connectivity index (χ2n) is 5.01. The first-order valence-corrected chi connectivity index (χ1v) is 7.93. The highest BCUT2D eigenvalue weighted by atomic mass is 35.5. The Morgan fingerprint density at radius 3 is 2.70 bits per heavy atom. The first kappa shape index (κ1) is 16.1. The molecule has 5 nitrogen and oxygen atoms in total. The van der Waals surface area contributed by atoms with E-state index in [9.17, 15) is 4.79 Å². The Kier molecular flexibility index (Phi) is 4.43. The highest BCUT2D eigenvalue weighted by Gasteiger charge is 2.26. The van der Waals surface area contributed by atoms with Crippen LogP contribution in [-0.2, 0) is 6.42 Å². The molecular weight excluding hydrogens is 359 g/mol. The number of aromatic amines is 1. The fourth-order valence-corrected chi connectivity index (χ4v) is 3.04. The van der Waals surface area contributed by atoms with Crippen molar-refractivity contribution in [3.63, 3.8) is 0 Å². The van der Waals surface area contributed by atoms with Crippen LogP contribution >= 0.6 is 34.8 Å². The average Bonchev–Trinajstić information content (AvgIpc) is 2.97. The Bertz CT molecular complexity index is 836. The number of aromatic nitrogens is 1. The number of fused-ring (bicyclic) bond motifs is 1. The molecule has 4 N–H and O–H groups in total. The number of H-pyrrole nitrogens is 1. The number of aryl methyl sites for hydroxylation is 1. The van der Waals surface area contributed by atoms with Crippen molar-refractivity contribution in [2.75, 3.05) is 5.73 Å². The Morgan fingerprint density at radius 2 is 1.91 bits per heavy atom. The minimum absolute atomic E-state index is 0.00363. The van der Waals surface area contributed by atoms with Crippen LogP contribution in [0, 0.1) is 0 Å². The number of nitrogen functional groups attached to an aromatic ring is 1. The number of nitrogens with zero attached hydrogens (tertiary/aromatic N) is 1. The van der Waals surface area contributed by atoms with Gasteiger partial charge in [-0.1, -0.05) is 47.5 Å². The van der Waals surface area contributed by atoms with Gasteiger partial charge in [0.2, 0.25) is 0 Å². The van der Waals surface area contributed by atoms with Gasteiger partial charge in [-0.2, -0.15) is 10.1 Å². The molecule has 2 aromatic rings. The number of carbonyl (C=O) groups is 1. The lowest BCUT2D eigenvalue weighted by Crippen LogP contribution is -2.29. The molecule has 1 aliphatic carbocycles. The zero-order chi connectivity index (χ0) is 16.6. The second kappa shape index (κ2) is 6.35. The molecule has 118 valence electrons. The fourth-order valence-electron chi connectivity index (χ4n) is 2.42. The minimum Gasteiger partial charge on any atom is -0.396 e. The number of nitrogens with two attached hydrogens (primary N) is 1. The van der Waals surface area contributed by atoms with Crippen LogP contribution in [-0.4, -0.2) is 11.6 Å². The number of hydrazone groups is 1. The van der Waals surface area contributed by atoms with Crippen LogP contribution in [0.2, 0.25) is 15.2 Å². The lowest BCUT2D eigenvalue weighted by atomic mass is 10.1. The monoisotopic (exact) mass is 369 g/mol. The smallest absolute Gasteiger partial charge is 0.337 e. The van der Waals surface area contributed by atoms with E-state index in [2.05, 4.69) is 15.5 Å². The summed E-state index contributed by atoms with van der Waals surface area (Å²) in [4.78, 5) is 14.9. The third-order valence-corrected chi connectivity index (χ3v) is 4.76. The van der Waals surface area contributed by atoms with E-state index in [0.29, 0.717) is 0 Å². The van der Waals surface area contributed by atoms with Gasteiger partial charge in [-0.15, -0.1) is 0 Å². The van der Waals surface area contributed by atoms with Crippen molar-refractivity contribution in [2.24, 2.45) is 5.10 Å². The van der Waals surface area contributed by atoms with Gasteiger partial charge in [0.1, 0.15) is 10.0 Å². The molecule has 0 atom stereocenters. The quantitative estimate of drug-likeness (QED) is 0.629. The summed E-state index contributed by atoms with van der Waals surface area (Å²) in [6.07, 6.45) is 1.66. The number of hydrogen-bond donors (Lipinski definition) is 2. The van der Waals surface area contributed by atoms with E-state index < -0.39 is 5.91 Å². The van der Waals surface area contributed by atoms with Crippen molar-refractivity contribution in [1.82, 2.24) is 5.43 Å². The molecule has 0 radical (unpaired) electrons. The van der Waals surface area contributed by atoms with E-state index in [1.807, 2.05) is 24.3 Å². The third-order valence-electron chi connectivity index (χ3n) is 3.60. The van der Waals surface area contributed by atoms with E-state index in [-0.39, 0.29) is 26.6 Å². The first-order valence-electron chi connectivity index (χ1n) is 6.79. The maximum atomic E-state index is 12.3. The lowest BCUT2D eigenvalue weighted by Gasteiger charge is -2.04. The minimum atomic E-state index is -0.544. The van der Waals surface area contributed by atoms with Gasteiger partial charge in [0.25, 0.3) is 10.8 Å². The SMILES string of the molecule is Nc1c(Cl)c(Cl)[nH+]c(C(=O)N/N=C2/CCc3ccccc32)c1Cl. The topological polar surface area (TPSA) is 81.6 Å². The van der Waals surface area contributed by atoms with Crippen LogP contribution in [0.15, 0.2) is 29.4 Å². The molecule has 0 bridgehead atoms. The Labute approximate surface area is 147 Å². The number of pyridine rings is 1. The van der Waals surface area contributed by atoms with Crippen LogP contribution in [0.1, 0.15) is 28.0 Å². The average molecular weight is 371 g/mol. The fraction of sp³-hybridized carbons (Fsp3) is 0.133. The lowest BCUT2D eigenvalue weighted by molar-refractivity contribution is -0.379. The van der Waals surface area contributed by atoms with Gasteiger partial charge >= 0.3 is 5.91 Å². The number of rotatable bonds is 2. The summed E-state index contributed by atoms with van der Waals surface area (Å²) in [7, 11) is 0. The van der Waals surface area contributed by atoms with Crippen LogP contribution in [0.3, 0.4) is 0 Å². The predicted molar refractivity (Wildman–Crippen MR) is 91.2 cm³/mol. The maximum absolute atomic E-state index is 12.3. The van der Waals surface area contributed by atoms with Crippen molar-refractivity contribution in [1.29, 1.82) is 0 Å². The van der Waals surface area contributed by atoms with Crippen molar-refractivity contribution in [2.45, 2.75) is 12.8 Å². The normalized spacial score (nSPS) is 14.8. The van der Waals surface area contributed by atoms with Crippen molar-refractivity contribution < 1.29 is 9.78 Å². The van der Waals surface area contributed by atoms with Crippen LogP contribution in [0.5, 0.6) is 0 Å². The number of halogens is 3. The largest absolute Gasteiger partial charge is 0.396 e. The zero-order valence-corrected chi connectivity index (χ0v) is 14.1. The molecule has 23 heavy (non-hydrogen) atoms. The molecule has 0 unspecified atom stereocenters. The maximum Gasteiger partial charge on any atom is 0.337 e. The second-order valence-corrected chi connectivity index (χ2v) is 6.15. The van der Waals surface area contributed by atoms with E-state index in [1.165, 1.54) is 5.56 Å². The van der Waals surface area contributed by atoms with Gasteiger partial charge < -0.3 is 5.73 Å². The van der Waals surface area contributed by atoms with Gasteiger partial charge in [0.05, 0.1) is 11.4 Å². The summed E-state index contributed by atoms with van der Waals surface area (Å²) < 4.78 is 0. The number of carbonyl (C=O) groups excluding carboxylic acids is 1. The summed E-state index contributed by atoms with van der Waals surface area (Å²) in [5, 5.41) is 4.30. The standard InChI is InChI=1S/C15H11Cl3N4O/c16-10-12(19)11(17)14(18)20-13(10)15(23)22-21-9-6-5-7-3-1-2-4-8(7)9/h1-4H,5-6H2,(H2,19,20)(H,22,23)/p+1/b21-9-. The number of amides is 1. The summed E-state index contributed by atoms with van der Waals surface area (Å²) in [5.74, 6) is -0.544. The van der Waals surface area contributed by atoms with E-state index in [1.54, 1.807) is 0 Å². The molecule has 0 spiro atoms. The Morgan fingerprint density at radius 1 is 1.17 bits per heavy atom. The third kappa shape index (κ3) is 3.00. The van der Waals surface area contributed by atoms with Gasteiger partial charge in [0, 0.05) is 5.56 Å². The van der Waals surface area contributed by atoms with Crippen LogP contribution in [0.25, 0.3) is 0 Å². The molecular formula is C15H12Cl3N4O+. The molecule has 0 fully saturated rings. The number of benzene rings is 1. The highest BCUT2D eigenvalue weighted by Crippen LogP contribution is 2.32. The zero-order valence-electron chi connectivity index (χ0n) is 11.8. The molecule has 1 aromatic carbocycles. The van der Waals surface area contributed by atoms with Crippen molar-refractivity contribution in [3.05, 3.63) is 56.3 Å². The van der Waals surface area contributed by atoms with E-state index in [4.69, 9.17) is 40.5 Å². The summed E-state index contributed by atoms with van der Waals surface area (Å²) >= 11 is 17.8. The number of nitrogens with one attached hydrogen (secondary N) is 2. The summed E-state index contributed by atoms with van der Waals surface area (Å²) in [6, 6.07) is 7.94.